The smallest absolute Gasteiger partial charge is 0.325 e. The molecule has 5 aliphatic heterocycles. The van der Waals surface area contributed by atoms with Gasteiger partial charge in [0.25, 0.3) is 12.3 Å². The maximum Gasteiger partial charge on any atom is 0.325 e. The highest BCUT2D eigenvalue weighted by Gasteiger charge is 2.56. The molecule has 13 rings (SSSR count). The van der Waals surface area contributed by atoms with Crippen LogP contribution in [0.4, 0.5) is 14.5 Å². The van der Waals surface area contributed by atoms with Crippen LogP contribution in [0.1, 0.15) is 107 Å². The topological polar surface area (TPSA) is 201 Å². The molecule has 21 heteroatoms. The first kappa shape index (κ1) is 52.8. The van der Waals surface area contributed by atoms with Crippen molar-refractivity contribution in [1.82, 2.24) is 40.2 Å². The Balaban J connectivity index is 0.990. The van der Waals surface area contributed by atoms with E-state index in [-0.39, 0.29) is 54.2 Å². The maximum atomic E-state index is 15.1. The third-order valence-electron chi connectivity index (χ3n) is 17.5. The molecule has 9 heterocycles. The van der Waals surface area contributed by atoms with Crippen LogP contribution in [0.2, 0.25) is 0 Å². The quantitative estimate of drug-likeness (QED) is 0.101. The van der Waals surface area contributed by atoms with Gasteiger partial charge in [-0.15, -0.1) is 0 Å². The normalized spacial score (nSPS) is 28.1. The molecular weight excluding hydrogens is 1010 g/mol. The second-order valence-electron chi connectivity index (χ2n) is 23.3. The first-order chi connectivity index (χ1) is 37.7. The van der Waals surface area contributed by atoms with Crippen molar-refractivity contribution < 1.29 is 55.7 Å². The highest BCUT2D eigenvalue weighted by atomic mass is 19.3. The molecule has 4 saturated heterocycles. The Morgan fingerprint density at radius 1 is 0.987 bits per heavy atom. The predicted molar refractivity (Wildman–Crippen MR) is 280 cm³/mol. The van der Waals surface area contributed by atoms with Gasteiger partial charge >= 0.3 is 5.97 Å². The minimum Gasteiger partial charge on any atom is -0.464 e. The number of nitrogens with one attached hydrogen (secondary N) is 2. The zero-order valence-electron chi connectivity index (χ0n) is 45.0. The van der Waals surface area contributed by atoms with Crippen molar-refractivity contribution in [3.63, 3.8) is 0 Å². The van der Waals surface area contributed by atoms with Gasteiger partial charge in [0.1, 0.15) is 43.0 Å². The van der Waals surface area contributed by atoms with Gasteiger partial charge in [0.2, 0.25) is 11.8 Å². The van der Waals surface area contributed by atoms with Crippen LogP contribution in [0, 0.1) is 23.2 Å². The Bertz CT molecular complexity index is 2980. The predicted octanol–water partition coefficient (Wildman–Crippen LogP) is 7.01. The van der Waals surface area contributed by atoms with Crippen LogP contribution in [0.3, 0.4) is 0 Å². The molecule has 2 N–H and O–H groups in total. The van der Waals surface area contributed by atoms with Crippen LogP contribution < -0.4 is 15.6 Å². The summed E-state index contributed by atoms with van der Waals surface area (Å²) in [5, 5.41) is 5.14. The number of oxazole rings is 2. The number of esters is 1. The number of ether oxygens (including phenoxy) is 5. The molecule has 418 valence electrons. The van der Waals surface area contributed by atoms with Crippen molar-refractivity contribution in [2.45, 2.75) is 134 Å². The molecular formula is C57H71F2N9O10. The van der Waals surface area contributed by atoms with Crippen LogP contribution in [0.15, 0.2) is 58.2 Å². The van der Waals surface area contributed by atoms with Gasteiger partial charge in [-0.3, -0.25) is 29.3 Å². The van der Waals surface area contributed by atoms with E-state index in [0.717, 1.165) is 78.1 Å². The fourth-order valence-corrected chi connectivity index (χ4v) is 12.8. The molecule has 0 spiro atoms. The molecule has 8 aliphatic rings. The van der Waals surface area contributed by atoms with Gasteiger partial charge in [-0.25, -0.2) is 24.2 Å². The van der Waals surface area contributed by atoms with E-state index in [1.807, 2.05) is 38.2 Å². The Labute approximate surface area is 452 Å². The molecule has 0 unspecified atom stereocenters. The van der Waals surface area contributed by atoms with E-state index in [1.165, 1.54) is 36.8 Å². The monoisotopic (exact) mass is 1080 g/mol. The number of hydrogen-bond acceptors (Lipinski definition) is 16. The van der Waals surface area contributed by atoms with Crippen molar-refractivity contribution in [1.29, 1.82) is 0 Å². The summed E-state index contributed by atoms with van der Waals surface area (Å²) in [6, 6.07) is 6.06. The SMILES string of the molecule is CO[C@@H](C)c1ncc(N2CCN(C3CC3)CC2)cc1-c1c2c3cc(ccc3n1CCOC1CCOCC1)-c1nc(co1)[C@@H](OCC(F)F)[C@H](NC(=O)[C@@H]1[C@@H](C)[C@H]1c1cocn1)C(=O)N1N[C@H](C(=O)OCC(C)(C)C2)C2CC1C2. The summed E-state index contributed by atoms with van der Waals surface area (Å²) in [5.41, 5.74) is 9.19. The lowest BCUT2D eigenvalue weighted by Crippen LogP contribution is -2.72. The fraction of sp³-hybridized carbons (Fsp3) is 0.614. The third-order valence-corrected chi connectivity index (χ3v) is 17.5. The van der Waals surface area contributed by atoms with E-state index in [9.17, 15) is 18.4 Å². The average Bonchev–Trinajstić information content (AvgIpc) is 4.39. The molecule has 7 atom stereocenters. The molecule has 0 radical (unpaired) electrons. The number of benzene rings is 1. The van der Waals surface area contributed by atoms with E-state index in [0.29, 0.717) is 62.9 Å². The number of carbonyl (C=O) groups is 3. The molecule has 19 nitrogen and oxygen atoms in total. The number of carbonyl (C=O) groups excluding carboxylic acids is 3. The number of nitrogens with zero attached hydrogens (tertiary/aromatic N) is 7. The van der Waals surface area contributed by atoms with Gasteiger partial charge in [-0.2, -0.15) is 0 Å². The first-order valence-electron chi connectivity index (χ1n) is 27.9. The number of rotatable bonds is 15. The number of cyclic esters (lactones) is 1. The number of aromatic nitrogens is 4. The molecule has 7 fully saturated rings. The number of hydrogen-bond donors (Lipinski definition) is 2. The van der Waals surface area contributed by atoms with Crippen LogP contribution in [0.5, 0.6) is 0 Å². The summed E-state index contributed by atoms with van der Waals surface area (Å²) in [6.45, 7) is 13.0. The van der Waals surface area contributed by atoms with Crippen molar-refractivity contribution >= 4 is 34.4 Å². The molecule has 78 heavy (non-hydrogen) atoms. The molecule has 2 amide bonds. The molecule has 3 aliphatic carbocycles. The first-order valence-corrected chi connectivity index (χ1v) is 27.9. The standard InChI is InChI=1S/C57H71F2N9O10/c1-31-46(42-26-74-30-61-42)47(31)53(69)63-50-52(76-28-45(58)59)43-27-77-54(62-43)33-6-9-44-39(22-33)41(24-57(3,4)29-78-56(71)49-34-20-36(21-34)68(64-49)55(50)70)51(67(44)16-19-75-38-10-17-73-18-11-38)40-23-37(25-60-48(40)32(2)72-5)66-14-12-65(13-15-66)35-7-8-35/h6,9,22-23,25-27,30-32,34-36,38,45-47,49-50,52,64H,7-8,10-21,24,28-29H2,1-5H3,(H,63,69)/t31-,32-,34?,36?,46-,47+,49-,50-,52+/m0/s1. The van der Waals surface area contributed by atoms with Gasteiger partial charge < -0.3 is 47.3 Å². The fourth-order valence-electron chi connectivity index (χ4n) is 12.8. The summed E-state index contributed by atoms with van der Waals surface area (Å²) in [5.74, 6) is -2.74. The van der Waals surface area contributed by atoms with Crippen molar-refractivity contribution in [3.8, 4) is 22.7 Å². The summed E-state index contributed by atoms with van der Waals surface area (Å²) < 4.78 is 73.1. The number of fused-ring (bicyclic) bond motifs is 4. The summed E-state index contributed by atoms with van der Waals surface area (Å²) in [6.07, 6.45) is 6.80. The number of hydrazine groups is 1. The Morgan fingerprint density at radius 2 is 1.78 bits per heavy atom. The summed E-state index contributed by atoms with van der Waals surface area (Å²) in [7, 11) is 1.69. The van der Waals surface area contributed by atoms with Gasteiger partial charge in [-0.1, -0.05) is 20.8 Å². The summed E-state index contributed by atoms with van der Waals surface area (Å²) >= 11 is 0. The molecule has 1 aromatic carbocycles. The van der Waals surface area contributed by atoms with E-state index < -0.39 is 60.3 Å². The Kier molecular flexibility index (Phi) is 14.7. The zero-order chi connectivity index (χ0) is 54.0. The van der Waals surface area contributed by atoms with E-state index in [1.54, 1.807) is 7.11 Å². The highest BCUT2D eigenvalue weighted by molar-refractivity contribution is 5.95. The largest absolute Gasteiger partial charge is 0.464 e. The zero-order valence-corrected chi connectivity index (χ0v) is 45.0. The van der Waals surface area contributed by atoms with Crippen molar-refractivity contribution in [2.75, 3.05) is 71.2 Å². The lowest BCUT2D eigenvalue weighted by atomic mass is 9.73. The number of piperazine rings is 1. The lowest BCUT2D eigenvalue weighted by molar-refractivity contribution is -0.173. The van der Waals surface area contributed by atoms with Crippen LogP contribution in [-0.4, -0.2) is 150 Å². The number of anilines is 1. The van der Waals surface area contributed by atoms with Crippen molar-refractivity contribution in [3.05, 3.63) is 72.0 Å². The second kappa shape index (κ2) is 21.7. The summed E-state index contributed by atoms with van der Waals surface area (Å²) in [4.78, 5) is 63.4. The van der Waals surface area contributed by atoms with Crippen molar-refractivity contribution in [2.24, 2.45) is 23.2 Å². The van der Waals surface area contributed by atoms with Gasteiger partial charge in [0, 0.05) is 104 Å². The Morgan fingerprint density at radius 3 is 2.51 bits per heavy atom. The van der Waals surface area contributed by atoms with Gasteiger partial charge in [0.15, 0.2) is 6.39 Å². The number of alkyl halides is 2. The van der Waals surface area contributed by atoms with E-state index >= 15 is 4.79 Å². The van der Waals surface area contributed by atoms with Crippen LogP contribution >= 0.6 is 0 Å². The molecule has 5 aromatic rings. The van der Waals surface area contributed by atoms with E-state index in [2.05, 4.69) is 50.0 Å². The molecule has 3 saturated carbocycles. The Hall–Kier alpha value is -5.84. The number of methoxy groups -OCH3 is 1. The number of pyridine rings is 1. The van der Waals surface area contributed by atoms with Crippen LogP contribution in [0.25, 0.3) is 33.6 Å². The van der Waals surface area contributed by atoms with E-state index in [4.69, 9.17) is 42.5 Å². The highest BCUT2D eigenvalue weighted by Crippen LogP contribution is 2.53. The number of amides is 2. The molecule has 8 bridgehead atoms. The second-order valence-corrected chi connectivity index (χ2v) is 23.3. The van der Waals surface area contributed by atoms with Gasteiger partial charge in [0.05, 0.1) is 54.4 Å². The van der Waals surface area contributed by atoms with Gasteiger partial charge in [-0.05, 0) is 93.5 Å². The van der Waals surface area contributed by atoms with Crippen LogP contribution in [-0.2, 0) is 51.0 Å². The molecule has 4 aromatic heterocycles. The average molecular weight is 1080 g/mol. The maximum absolute atomic E-state index is 15.1. The number of halogens is 2. The third kappa shape index (κ3) is 10.5. The minimum atomic E-state index is -2.93. The lowest BCUT2D eigenvalue weighted by Gasteiger charge is -2.53. The minimum absolute atomic E-state index is 0.0193.